The lowest BCUT2D eigenvalue weighted by Gasteiger charge is -2.33. The maximum Gasteiger partial charge on any atom is 0.230 e. The van der Waals surface area contributed by atoms with Gasteiger partial charge in [-0.15, -0.1) is 0 Å². The maximum absolute atomic E-state index is 12.9. The van der Waals surface area contributed by atoms with E-state index in [2.05, 4.69) is 0 Å². The summed E-state index contributed by atoms with van der Waals surface area (Å²) in [6, 6.07) is 5.88. The van der Waals surface area contributed by atoms with Gasteiger partial charge in [0.05, 0.1) is 0 Å². The van der Waals surface area contributed by atoms with E-state index in [9.17, 15) is 4.79 Å². The van der Waals surface area contributed by atoms with Crippen LogP contribution in [0.4, 0.5) is 11.4 Å². The molecule has 1 aromatic rings. The summed E-state index contributed by atoms with van der Waals surface area (Å²) in [5, 5.41) is 0. The van der Waals surface area contributed by atoms with Gasteiger partial charge in [-0.1, -0.05) is 12.5 Å². The van der Waals surface area contributed by atoms with Crippen LogP contribution in [0.3, 0.4) is 0 Å². The van der Waals surface area contributed by atoms with Gasteiger partial charge in [0.25, 0.3) is 0 Å². The number of nitrogens with zero attached hydrogens (tertiary/aromatic N) is 1. The Bertz CT molecular complexity index is 514. The van der Waals surface area contributed by atoms with Crippen LogP contribution in [-0.4, -0.2) is 19.0 Å². The summed E-state index contributed by atoms with van der Waals surface area (Å²) >= 11 is 0. The first-order valence-corrected chi connectivity index (χ1v) is 7.61. The third-order valence-electron chi connectivity index (χ3n) is 4.83. The van der Waals surface area contributed by atoms with E-state index in [1.807, 2.05) is 23.1 Å². The van der Waals surface area contributed by atoms with Gasteiger partial charge < -0.3 is 16.4 Å². The van der Waals surface area contributed by atoms with Crippen molar-refractivity contribution in [2.24, 2.45) is 17.6 Å². The molecule has 0 bridgehead atoms. The highest BCUT2D eigenvalue weighted by molar-refractivity contribution is 5.97. The minimum Gasteiger partial charge on any atom is -0.398 e. The van der Waals surface area contributed by atoms with Crippen molar-refractivity contribution < 1.29 is 4.79 Å². The average molecular weight is 273 g/mol. The molecule has 1 aliphatic carbocycles. The number of anilines is 2. The van der Waals surface area contributed by atoms with Crippen molar-refractivity contribution >= 4 is 17.3 Å². The zero-order valence-electron chi connectivity index (χ0n) is 11.8. The number of amides is 1. The monoisotopic (exact) mass is 273 g/mol. The van der Waals surface area contributed by atoms with E-state index in [1.165, 1.54) is 0 Å². The summed E-state index contributed by atoms with van der Waals surface area (Å²) < 4.78 is 0. The first-order valence-electron chi connectivity index (χ1n) is 7.61. The van der Waals surface area contributed by atoms with Crippen LogP contribution in [0, 0.1) is 11.8 Å². The highest BCUT2D eigenvalue weighted by Gasteiger charge is 2.36. The molecule has 2 aliphatic rings. The molecule has 108 valence electrons. The van der Waals surface area contributed by atoms with E-state index >= 15 is 0 Å². The molecule has 0 aromatic heterocycles. The van der Waals surface area contributed by atoms with Gasteiger partial charge in [-0.05, 0) is 55.8 Å². The summed E-state index contributed by atoms with van der Waals surface area (Å²) in [4.78, 5) is 14.8. The predicted molar refractivity (Wildman–Crippen MR) is 81.4 cm³/mol. The minimum atomic E-state index is 0.104. The van der Waals surface area contributed by atoms with Crippen LogP contribution in [-0.2, 0) is 11.2 Å². The zero-order valence-corrected chi connectivity index (χ0v) is 11.8. The molecule has 0 radical (unpaired) electrons. The molecule has 2 atom stereocenters. The normalized spacial score (nSPS) is 25.6. The smallest absolute Gasteiger partial charge is 0.230 e. The second-order valence-electron chi connectivity index (χ2n) is 5.97. The van der Waals surface area contributed by atoms with Crippen LogP contribution in [0.25, 0.3) is 0 Å². The van der Waals surface area contributed by atoms with E-state index in [-0.39, 0.29) is 11.8 Å². The summed E-state index contributed by atoms with van der Waals surface area (Å²) in [5.74, 6) is 0.714. The molecule has 20 heavy (non-hydrogen) atoms. The number of benzene rings is 1. The summed E-state index contributed by atoms with van der Waals surface area (Å²) in [5.41, 5.74) is 14.8. The third kappa shape index (κ3) is 2.18. The predicted octanol–water partition coefficient (Wildman–Crippen LogP) is 1.92. The van der Waals surface area contributed by atoms with E-state index in [4.69, 9.17) is 11.5 Å². The Morgan fingerprint density at radius 1 is 1.30 bits per heavy atom. The Labute approximate surface area is 120 Å². The van der Waals surface area contributed by atoms with Crippen LogP contribution in [0.15, 0.2) is 18.2 Å². The van der Waals surface area contributed by atoms with E-state index in [0.29, 0.717) is 12.5 Å². The quantitative estimate of drug-likeness (QED) is 0.809. The van der Waals surface area contributed by atoms with Gasteiger partial charge in [0.2, 0.25) is 5.91 Å². The molecule has 1 heterocycles. The molecule has 0 unspecified atom stereocenters. The minimum absolute atomic E-state index is 0.104. The van der Waals surface area contributed by atoms with Gasteiger partial charge in [0.1, 0.15) is 0 Å². The maximum atomic E-state index is 12.9. The topological polar surface area (TPSA) is 72.4 Å². The molecule has 3 rings (SSSR count). The van der Waals surface area contributed by atoms with Gasteiger partial charge in [-0.3, -0.25) is 4.79 Å². The van der Waals surface area contributed by atoms with Crippen molar-refractivity contribution in [2.45, 2.75) is 32.1 Å². The lowest BCUT2D eigenvalue weighted by Crippen LogP contribution is -2.42. The molecular formula is C16H23N3O. The van der Waals surface area contributed by atoms with Crippen molar-refractivity contribution in [2.75, 3.05) is 23.7 Å². The van der Waals surface area contributed by atoms with Gasteiger partial charge >= 0.3 is 0 Å². The Balaban J connectivity index is 1.89. The fraction of sp³-hybridized carbons (Fsp3) is 0.562. The van der Waals surface area contributed by atoms with Crippen LogP contribution in [0.1, 0.15) is 31.2 Å². The highest BCUT2D eigenvalue weighted by atomic mass is 16.2. The number of hydrogen-bond acceptors (Lipinski definition) is 3. The first kappa shape index (κ1) is 13.4. The fourth-order valence-corrected chi connectivity index (χ4v) is 3.72. The lowest BCUT2D eigenvalue weighted by molar-refractivity contribution is -0.123. The van der Waals surface area contributed by atoms with Gasteiger partial charge in [0, 0.05) is 23.8 Å². The van der Waals surface area contributed by atoms with Gasteiger partial charge in [-0.2, -0.15) is 0 Å². The summed E-state index contributed by atoms with van der Waals surface area (Å²) in [7, 11) is 0. The van der Waals surface area contributed by atoms with Crippen LogP contribution >= 0.6 is 0 Å². The Kier molecular flexibility index (Phi) is 3.66. The molecule has 0 spiro atoms. The van der Waals surface area contributed by atoms with Gasteiger partial charge in [0.15, 0.2) is 0 Å². The average Bonchev–Trinajstić information content (AvgIpc) is 2.95. The second kappa shape index (κ2) is 5.44. The van der Waals surface area contributed by atoms with Crippen molar-refractivity contribution in [3.05, 3.63) is 23.8 Å². The molecular weight excluding hydrogens is 250 g/mol. The number of rotatable bonds is 2. The SMILES string of the molecule is NC[C@H]1CCC[C@H]1C(=O)N1CCCc2c(N)cccc21. The number of carbonyl (C=O) groups is 1. The lowest BCUT2D eigenvalue weighted by atomic mass is 9.92. The van der Waals surface area contributed by atoms with Crippen molar-refractivity contribution in [3.8, 4) is 0 Å². The van der Waals surface area contributed by atoms with E-state index in [0.717, 1.165) is 55.6 Å². The number of hydrogen-bond donors (Lipinski definition) is 2. The van der Waals surface area contributed by atoms with Crippen LogP contribution in [0.5, 0.6) is 0 Å². The zero-order chi connectivity index (χ0) is 14.1. The largest absolute Gasteiger partial charge is 0.398 e. The molecule has 4 nitrogen and oxygen atoms in total. The van der Waals surface area contributed by atoms with Crippen LogP contribution < -0.4 is 16.4 Å². The molecule has 1 amide bonds. The van der Waals surface area contributed by atoms with Crippen molar-refractivity contribution in [3.63, 3.8) is 0 Å². The van der Waals surface area contributed by atoms with Gasteiger partial charge in [-0.25, -0.2) is 0 Å². The fourth-order valence-electron chi connectivity index (χ4n) is 3.72. The second-order valence-corrected chi connectivity index (χ2v) is 5.97. The molecule has 0 saturated heterocycles. The number of fused-ring (bicyclic) bond motifs is 1. The van der Waals surface area contributed by atoms with E-state index < -0.39 is 0 Å². The Morgan fingerprint density at radius 3 is 2.95 bits per heavy atom. The summed E-state index contributed by atoms with van der Waals surface area (Å²) in [6.07, 6.45) is 5.15. The van der Waals surface area contributed by atoms with Crippen molar-refractivity contribution in [1.29, 1.82) is 0 Å². The molecule has 1 fully saturated rings. The number of nitrogen functional groups attached to an aromatic ring is 1. The molecule has 1 aromatic carbocycles. The van der Waals surface area contributed by atoms with Crippen molar-refractivity contribution in [1.82, 2.24) is 0 Å². The Hall–Kier alpha value is -1.55. The van der Waals surface area contributed by atoms with E-state index in [1.54, 1.807) is 0 Å². The molecule has 1 saturated carbocycles. The molecule has 1 aliphatic heterocycles. The third-order valence-corrected chi connectivity index (χ3v) is 4.83. The molecule has 4 N–H and O–H groups in total. The first-order chi connectivity index (χ1) is 9.72. The molecule has 4 heteroatoms. The van der Waals surface area contributed by atoms with Crippen LogP contribution in [0.2, 0.25) is 0 Å². The number of nitrogens with two attached hydrogens (primary N) is 2. The summed E-state index contributed by atoms with van der Waals surface area (Å²) in [6.45, 7) is 1.43. The standard InChI is InChI=1S/C16H23N3O/c17-10-11-4-1-5-12(11)16(20)19-9-3-6-13-14(18)7-2-8-15(13)19/h2,7-8,11-12H,1,3-6,9-10,17-18H2/t11-,12-/m1/s1. The number of carbonyl (C=O) groups excluding carboxylic acids is 1. The highest BCUT2D eigenvalue weighted by Crippen LogP contribution is 2.37. The Morgan fingerprint density at radius 2 is 2.15 bits per heavy atom.